The van der Waals surface area contributed by atoms with E-state index < -0.39 is 0 Å². The molecule has 2 rings (SSSR count). The highest BCUT2D eigenvalue weighted by molar-refractivity contribution is 8.01. The molecule has 0 atom stereocenters. The zero-order valence-electron chi connectivity index (χ0n) is 11.5. The second kappa shape index (κ2) is 6.51. The lowest BCUT2D eigenvalue weighted by atomic mass is 10.2. The SMILES string of the molecule is Cc1ccccc1-n1nc(SCC(=O)N(C)C)sc1=S. The Labute approximate surface area is 131 Å². The number of benzene rings is 1. The monoisotopic (exact) mass is 325 g/mol. The van der Waals surface area contributed by atoms with Crippen molar-refractivity contribution in [1.82, 2.24) is 14.7 Å². The molecule has 0 saturated heterocycles. The minimum absolute atomic E-state index is 0.0681. The highest BCUT2D eigenvalue weighted by Gasteiger charge is 2.11. The smallest absolute Gasteiger partial charge is 0.232 e. The van der Waals surface area contributed by atoms with E-state index in [4.69, 9.17) is 12.2 Å². The van der Waals surface area contributed by atoms with Gasteiger partial charge < -0.3 is 4.90 Å². The summed E-state index contributed by atoms with van der Waals surface area (Å²) >= 11 is 8.21. The van der Waals surface area contributed by atoms with Crippen LogP contribution in [0.2, 0.25) is 0 Å². The Bertz CT molecular complexity index is 675. The molecule has 1 aromatic heterocycles. The largest absolute Gasteiger partial charge is 0.348 e. The van der Waals surface area contributed by atoms with Gasteiger partial charge in [0.15, 0.2) is 8.29 Å². The Balaban J connectivity index is 2.21. The van der Waals surface area contributed by atoms with E-state index in [-0.39, 0.29) is 5.91 Å². The van der Waals surface area contributed by atoms with Crippen LogP contribution in [-0.2, 0) is 4.79 Å². The molecule has 0 radical (unpaired) electrons. The summed E-state index contributed by atoms with van der Waals surface area (Å²) in [4.78, 5) is 13.2. The van der Waals surface area contributed by atoms with Gasteiger partial charge in [0.05, 0.1) is 11.4 Å². The summed E-state index contributed by atoms with van der Waals surface area (Å²) in [5.41, 5.74) is 2.11. The summed E-state index contributed by atoms with van der Waals surface area (Å²) in [7, 11) is 3.49. The first-order chi connectivity index (χ1) is 9.49. The molecule has 0 N–H and O–H groups in total. The number of carbonyl (C=O) groups excluding carboxylic acids is 1. The zero-order chi connectivity index (χ0) is 14.7. The minimum Gasteiger partial charge on any atom is -0.348 e. The van der Waals surface area contributed by atoms with Crippen LogP contribution in [0.5, 0.6) is 0 Å². The van der Waals surface area contributed by atoms with Gasteiger partial charge in [-0.05, 0) is 30.8 Å². The number of carbonyl (C=O) groups is 1. The summed E-state index contributed by atoms with van der Waals surface area (Å²) < 4.78 is 3.27. The van der Waals surface area contributed by atoms with Gasteiger partial charge in [0.25, 0.3) is 0 Å². The molecule has 1 amide bonds. The molecule has 0 aliphatic heterocycles. The van der Waals surface area contributed by atoms with Gasteiger partial charge in [-0.1, -0.05) is 41.3 Å². The van der Waals surface area contributed by atoms with Gasteiger partial charge in [-0.15, -0.1) is 5.10 Å². The molecule has 1 heterocycles. The fraction of sp³-hybridized carbons (Fsp3) is 0.308. The van der Waals surface area contributed by atoms with E-state index in [1.165, 1.54) is 23.1 Å². The first-order valence-electron chi connectivity index (χ1n) is 5.98. The van der Waals surface area contributed by atoms with E-state index >= 15 is 0 Å². The number of aromatic nitrogens is 2. The first kappa shape index (κ1) is 15.2. The van der Waals surface area contributed by atoms with Crippen molar-refractivity contribution in [1.29, 1.82) is 0 Å². The number of thioether (sulfide) groups is 1. The van der Waals surface area contributed by atoms with Crippen molar-refractivity contribution < 1.29 is 4.79 Å². The molecule has 7 heteroatoms. The summed E-state index contributed by atoms with van der Waals surface area (Å²) in [5.74, 6) is 0.446. The third-order valence-electron chi connectivity index (χ3n) is 2.69. The highest BCUT2D eigenvalue weighted by atomic mass is 32.2. The fourth-order valence-corrected chi connectivity index (χ4v) is 3.85. The van der Waals surface area contributed by atoms with Crippen molar-refractivity contribution in [3.63, 3.8) is 0 Å². The maximum absolute atomic E-state index is 11.6. The Kier molecular flexibility index (Phi) is 4.95. The Morgan fingerprint density at radius 2 is 2.15 bits per heavy atom. The lowest BCUT2D eigenvalue weighted by Gasteiger charge is -2.08. The van der Waals surface area contributed by atoms with E-state index in [1.807, 2.05) is 31.2 Å². The molecule has 106 valence electrons. The molecular formula is C13H15N3OS3. The molecule has 4 nitrogen and oxygen atoms in total. The zero-order valence-corrected chi connectivity index (χ0v) is 13.9. The van der Waals surface area contributed by atoms with Crippen LogP contribution in [-0.4, -0.2) is 40.4 Å². The highest BCUT2D eigenvalue weighted by Crippen LogP contribution is 2.25. The third-order valence-corrected chi connectivity index (χ3v) is 5.04. The van der Waals surface area contributed by atoms with Crippen LogP contribution in [0.4, 0.5) is 0 Å². The maximum atomic E-state index is 11.6. The molecule has 0 aliphatic rings. The second-order valence-electron chi connectivity index (χ2n) is 4.41. The predicted octanol–water partition coefficient (Wildman–Crippen LogP) is 3.15. The quantitative estimate of drug-likeness (QED) is 0.639. The van der Waals surface area contributed by atoms with Crippen LogP contribution in [0.15, 0.2) is 28.6 Å². The molecule has 0 bridgehead atoms. The van der Waals surface area contributed by atoms with Gasteiger partial charge in [0.1, 0.15) is 0 Å². The number of hydrogen-bond acceptors (Lipinski definition) is 5. The average molecular weight is 325 g/mol. The molecule has 0 fully saturated rings. The van der Waals surface area contributed by atoms with Crippen LogP contribution in [0, 0.1) is 10.9 Å². The summed E-state index contributed by atoms with van der Waals surface area (Å²) in [6, 6.07) is 7.97. The predicted molar refractivity (Wildman–Crippen MR) is 86.4 cm³/mol. The van der Waals surface area contributed by atoms with Gasteiger partial charge in [-0.2, -0.15) is 0 Å². The topological polar surface area (TPSA) is 38.1 Å². The second-order valence-corrected chi connectivity index (χ2v) is 7.25. The maximum Gasteiger partial charge on any atom is 0.232 e. The van der Waals surface area contributed by atoms with E-state index in [2.05, 4.69) is 5.10 Å². The van der Waals surface area contributed by atoms with Crippen molar-refractivity contribution >= 4 is 41.2 Å². The van der Waals surface area contributed by atoms with Crippen LogP contribution in [0.25, 0.3) is 5.69 Å². The van der Waals surface area contributed by atoms with Gasteiger partial charge >= 0.3 is 0 Å². The van der Waals surface area contributed by atoms with Gasteiger partial charge in [0.2, 0.25) is 5.91 Å². The number of rotatable bonds is 4. The standard InChI is InChI=1S/C13H15N3OS3/c1-9-6-4-5-7-10(9)16-13(18)20-12(14-16)19-8-11(17)15(2)3/h4-7H,8H2,1-3H3. The molecule has 0 unspecified atom stereocenters. The number of aryl methyl sites for hydroxylation is 1. The van der Waals surface area contributed by atoms with Gasteiger partial charge in [0, 0.05) is 14.1 Å². The molecule has 2 aromatic rings. The molecular weight excluding hydrogens is 310 g/mol. The van der Waals surface area contributed by atoms with Crippen LogP contribution in [0.1, 0.15) is 5.56 Å². The normalized spacial score (nSPS) is 10.6. The van der Waals surface area contributed by atoms with Crippen molar-refractivity contribution in [2.24, 2.45) is 0 Å². The first-order valence-corrected chi connectivity index (χ1v) is 8.19. The van der Waals surface area contributed by atoms with Crippen LogP contribution >= 0.6 is 35.3 Å². The number of nitrogens with zero attached hydrogens (tertiary/aromatic N) is 3. The third kappa shape index (κ3) is 3.47. The van der Waals surface area contributed by atoms with Crippen molar-refractivity contribution in [2.75, 3.05) is 19.8 Å². The van der Waals surface area contributed by atoms with Gasteiger partial charge in [-0.3, -0.25) is 4.79 Å². The fourth-order valence-electron chi connectivity index (χ4n) is 1.52. The number of hydrogen-bond donors (Lipinski definition) is 0. The Hall–Kier alpha value is -1.18. The van der Waals surface area contributed by atoms with E-state index in [9.17, 15) is 4.79 Å². The van der Waals surface area contributed by atoms with Crippen molar-refractivity contribution in [3.8, 4) is 5.69 Å². The molecule has 0 spiro atoms. The lowest BCUT2D eigenvalue weighted by molar-refractivity contribution is -0.125. The number of amides is 1. The minimum atomic E-state index is 0.0681. The summed E-state index contributed by atoms with van der Waals surface area (Å²) in [5, 5.41) is 4.50. The van der Waals surface area contributed by atoms with Gasteiger partial charge in [-0.25, -0.2) is 4.68 Å². The van der Waals surface area contributed by atoms with Crippen LogP contribution in [0.3, 0.4) is 0 Å². The molecule has 0 saturated carbocycles. The van der Waals surface area contributed by atoms with Crippen molar-refractivity contribution in [3.05, 3.63) is 33.8 Å². The van der Waals surface area contributed by atoms with E-state index in [0.717, 1.165) is 15.6 Å². The summed E-state index contributed by atoms with van der Waals surface area (Å²) in [6.07, 6.45) is 0. The van der Waals surface area contributed by atoms with E-state index in [0.29, 0.717) is 9.71 Å². The summed E-state index contributed by atoms with van der Waals surface area (Å²) in [6.45, 7) is 2.03. The van der Waals surface area contributed by atoms with E-state index in [1.54, 1.807) is 23.7 Å². The van der Waals surface area contributed by atoms with Crippen LogP contribution < -0.4 is 0 Å². The Morgan fingerprint density at radius 3 is 2.80 bits per heavy atom. The Morgan fingerprint density at radius 1 is 1.45 bits per heavy atom. The molecule has 20 heavy (non-hydrogen) atoms. The average Bonchev–Trinajstić information content (AvgIpc) is 2.77. The van der Waals surface area contributed by atoms with Crippen molar-refractivity contribution in [2.45, 2.75) is 11.3 Å². The lowest BCUT2D eigenvalue weighted by Crippen LogP contribution is -2.23. The molecule has 1 aromatic carbocycles. The molecule has 0 aliphatic carbocycles. The number of para-hydroxylation sites is 1.